The van der Waals surface area contributed by atoms with Crippen LogP contribution in [0.5, 0.6) is 0 Å². The maximum Gasteiger partial charge on any atom is 0.0110 e. The van der Waals surface area contributed by atoms with E-state index in [1.54, 1.807) is 0 Å². The maximum absolute atomic E-state index is 3.23. The van der Waals surface area contributed by atoms with E-state index < -0.39 is 0 Å². The van der Waals surface area contributed by atoms with Gasteiger partial charge in [0, 0.05) is 26.2 Å². The molecule has 2 fully saturated rings. The summed E-state index contributed by atoms with van der Waals surface area (Å²) in [6, 6.07) is 0. The van der Waals surface area contributed by atoms with Gasteiger partial charge in [-0.1, -0.05) is 0 Å². The van der Waals surface area contributed by atoms with Crippen LogP contribution in [-0.2, 0) is 0 Å². The average molecular weight is 314 g/mol. The molecule has 0 aliphatic carbocycles. The predicted octanol–water partition coefficient (Wildman–Crippen LogP) is 0.391. The van der Waals surface area contributed by atoms with Gasteiger partial charge in [-0.15, -0.1) is 0 Å². The van der Waals surface area contributed by atoms with Gasteiger partial charge in [0.1, 0.15) is 0 Å². The van der Waals surface area contributed by atoms with E-state index in [2.05, 4.69) is 39.4 Å². The second-order valence-corrected chi connectivity index (χ2v) is 6.91. The lowest BCUT2D eigenvalue weighted by Gasteiger charge is -2.32. The van der Waals surface area contributed by atoms with Gasteiger partial charge in [-0.2, -0.15) is 0 Å². The van der Waals surface area contributed by atoms with Crippen molar-refractivity contribution in [3.8, 4) is 0 Å². The predicted molar refractivity (Wildman–Crippen MR) is 96.6 cm³/mol. The van der Waals surface area contributed by atoms with Crippen molar-refractivity contribution in [3.63, 3.8) is 0 Å². The van der Waals surface area contributed by atoms with Crippen molar-refractivity contribution in [2.75, 3.05) is 87.1 Å². The molecule has 2 rings (SSSR count). The number of rotatable bonds is 6. The van der Waals surface area contributed by atoms with Gasteiger partial charge < -0.3 is 25.3 Å². The number of piperidine rings is 1. The molecular formula is C17H39N5. The number of piperazine rings is 1. The third-order valence-electron chi connectivity index (χ3n) is 4.83. The molecule has 0 saturated carbocycles. The van der Waals surface area contributed by atoms with Crippen molar-refractivity contribution in [1.29, 1.82) is 0 Å². The van der Waals surface area contributed by atoms with E-state index in [9.17, 15) is 0 Å². The molecule has 0 aromatic carbocycles. The van der Waals surface area contributed by atoms with Gasteiger partial charge in [0.05, 0.1) is 0 Å². The van der Waals surface area contributed by atoms with Crippen LogP contribution < -0.4 is 10.6 Å². The van der Waals surface area contributed by atoms with Crippen LogP contribution in [0, 0.1) is 5.92 Å². The molecule has 0 unspecified atom stereocenters. The Kier molecular flexibility index (Phi) is 11.1. The molecule has 2 aliphatic heterocycles. The fourth-order valence-corrected chi connectivity index (χ4v) is 3.11. The first kappa shape index (κ1) is 19.8. The van der Waals surface area contributed by atoms with E-state index in [0.29, 0.717) is 0 Å². The Morgan fingerprint density at radius 3 is 1.95 bits per heavy atom. The molecule has 2 N–H and O–H groups in total. The fourth-order valence-electron chi connectivity index (χ4n) is 3.11. The highest BCUT2D eigenvalue weighted by Gasteiger charge is 2.15. The first-order valence-corrected chi connectivity index (χ1v) is 9.04. The van der Waals surface area contributed by atoms with E-state index in [0.717, 1.165) is 12.5 Å². The van der Waals surface area contributed by atoms with Gasteiger partial charge in [0.15, 0.2) is 0 Å². The van der Waals surface area contributed by atoms with E-state index in [1.807, 2.05) is 14.1 Å². The molecule has 22 heavy (non-hydrogen) atoms. The van der Waals surface area contributed by atoms with Crippen molar-refractivity contribution >= 4 is 0 Å². The average Bonchev–Trinajstić information content (AvgIpc) is 2.53. The van der Waals surface area contributed by atoms with Gasteiger partial charge in [0.2, 0.25) is 0 Å². The van der Waals surface area contributed by atoms with Crippen molar-refractivity contribution in [1.82, 2.24) is 25.3 Å². The van der Waals surface area contributed by atoms with Gasteiger partial charge in [-0.3, -0.25) is 0 Å². The maximum atomic E-state index is 3.23. The molecule has 2 saturated heterocycles. The van der Waals surface area contributed by atoms with Crippen LogP contribution >= 0.6 is 0 Å². The SMILES string of the molecule is CNCC1CCN(C)CC1.CNCCCN1CCN(C)CC1. The number of nitrogens with zero attached hydrogens (tertiary/aromatic N) is 3. The summed E-state index contributed by atoms with van der Waals surface area (Å²) in [7, 11) is 8.46. The number of likely N-dealkylation sites (tertiary alicyclic amines) is 1. The second kappa shape index (κ2) is 12.3. The Labute approximate surface area is 138 Å². The summed E-state index contributed by atoms with van der Waals surface area (Å²) in [5.74, 6) is 0.932. The lowest BCUT2D eigenvalue weighted by molar-refractivity contribution is 0.153. The van der Waals surface area contributed by atoms with Crippen LogP contribution in [0.3, 0.4) is 0 Å². The molecule has 2 heterocycles. The lowest BCUT2D eigenvalue weighted by atomic mass is 9.97. The molecule has 0 amide bonds. The summed E-state index contributed by atoms with van der Waals surface area (Å²) in [6.07, 6.45) is 4.02. The molecular weight excluding hydrogens is 274 g/mol. The standard InChI is InChI=1S/C9H21N3.C8H18N2/c1-10-4-3-5-12-8-6-11(2)7-9-12;1-9-7-8-3-5-10(2)6-4-8/h10H,3-9H2,1-2H3;8-9H,3-7H2,1-2H3. The largest absolute Gasteiger partial charge is 0.320 e. The Bertz CT molecular complexity index is 245. The van der Waals surface area contributed by atoms with Crippen molar-refractivity contribution in [2.24, 2.45) is 5.92 Å². The Morgan fingerprint density at radius 2 is 1.41 bits per heavy atom. The Hall–Kier alpha value is -0.200. The van der Waals surface area contributed by atoms with Crippen LogP contribution in [0.4, 0.5) is 0 Å². The second-order valence-electron chi connectivity index (χ2n) is 6.91. The minimum absolute atomic E-state index is 0.932. The monoisotopic (exact) mass is 313 g/mol. The van der Waals surface area contributed by atoms with Gasteiger partial charge in [-0.25, -0.2) is 0 Å². The van der Waals surface area contributed by atoms with Crippen molar-refractivity contribution in [2.45, 2.75) is 19.3 Å². The van der Waals surface area contributed by atoms with Gasteiger partial charge in [0.25, 0.3) is 0 Å². The molecule has 5 heteroatoms. The van der Waals surface area contributed by atoms with Crippen molar-refractivity contribution in [3.05, 3.63) is 0 Å². The summed E-state index contributed by atoms with van der Waals surface area (Å²) >= 11 is 0. The summed E-state index contributed by atoms with van der Waals surface area (Å²) in [6.45, 7) is 11.1. The zero-order valence-corrected chi connectivity index (χ0v) is 15.4. The minimum atomic E-state index is 0.932. The topological polar surface area (TPSA) is 33.8 Å². The van der Waals surface area contributed by atoms with E-state index in [-0.39, 0.29) is 0 Å². The zero-order chi connectivity index (χ0) is 16.2. The van der Waals surface area contributed by atoms with Crippen LogP contribution in [-0.4, -0.2) is 102 Å². The number of nitrogens with one attached hydrogen (secondary N) is 2. The summed E-state index contributed by atoms with van der Waals surface area (Å²) in [4.78, 5) is 7.36. The molecule has 5 nitrogen and oxygen atoms in total. The summed E-state index contributed by atoms with van der Waals surface area (Å²) in [5.41, 5.74) is 0. The van der Waals surface area contributed by atoms with Crippen LogP contribution in [0.25, 0.3) is 0 Å². The Morgan fingerprint density at radius 1 is 0.818 bits per heavy atom. The van der Waals surface area contributed by atoms with Gasteiger partial charge in [-0.05, 0) is 86.1 Å². The molecule has 0 bridgehead atoms. The number of hydrogen-bond acceptors (Lipinski definition) is 5. The van der Waals surface area contributed by atoms with Crippen LogP contribution in [0.15, 0.2) is 0 Å². The van der Waals surface area contributed by atoms with E-state index >= 15 is 0 Å². The first-order chi connectivity index (χ1) is 10.7. The molecule has 0 atom stereocenters. The molecule has 0 aromatic heterocycles. The highest BCUT2D eigenvalue weighted by molar-refractivity contribution is 4.71. The Balaban J connectivity index is 0.000000224. The molecule has 2 aliphatic rings. The van der Waals surface area contributed by atoms with Crippen molar-refractivity contribution < 1.29 is 0 Å². The third kappa shape index (κ3) is 9.06. The first-order valence-electron chi connectivity index (χ1n) is 9.04. The lowest BCUT2D eigenvalue weighted by Crippen LogP contribution is -2.45. The molecule has 132 valence electrons. The quantitative estimate of drug-likeness (QED) is 0.694. The summed E-state index contributed by atoms with van der Waals surface area (Å²) < 4.78 is 0. The highest BCUT2D eigenvalue weighted by Crippen LogP contribution is 2.14. The van der Waals surface area contributed by atoms with E-state index in [4.69, 9.17) is 0 Å². The normalized spacial score (nSPS) is 22.4. The van der Waals surface area contributed by atoms with E-state index in [1.165, 1.54) is 71.6 Å². The highest BCUT2D eigenvalue weighted by atomic mass is 15.2. The smallest absolute Gasteiger partial charge is 0.0110 e. The zero-order valence-electron chi connectivity index (χ0n) is 15.4. The molecule has 0 radical (unpaired) electrons. The van der Waals surface area contributed by atoms with Gasteiger partial charge >= 0.3 is 0 Å². The third-order valence-corrected chi connectivity index (χ3v) is 4.83. The number of hydrogen-bond donors (Lipinski definition) is 2. The summed E-state index contributed by atoms with van der Waals surface area (Å²) in [5, 5.41) is 6.41. The molecule has 0 spiro atoms. The molecule has 0 aromatic rings. The van der Waals surface area contributed by atoms with Crippen LogP contribution in [0.1, 0.15) is 19.3 Å². The fraction of sp³-hybridized carbons (Fsp3) is 1.00. The number of likely N-dealkylation sites (N-methyl/N-ethyl adjacent to an activating group) is 1. The minimum Gasteiger partial charge on any atom is -0.320 e. The van der Waals surface area contributed by atoms with Crippen LogP contribution in [0.2, 0.25) is 0 Å².